The number of allylic oxidation sites excluding steroid dienone is 1. The zero-order chi connectivity index (χ0) is 21.1. The van der Waals surface area contributed by atoms with E-state index >= 15 is 4.39 Å². The third-order valence-corrected chi connectivity index (χ3v) is 13.8. The average Bonchev–Trinajstić information content (AvgIpc) is 3.02. The molecular weight excluding hydrogens is 375 g/mol. The van der Waals surface area contributed by atoms with Crippen molar-refractivity contribution in [3.05, 3.63) is 48.0 Å². The molecule has 1 aromatic carbocycles. The molecule has 0 bridgehead atoms. The van der Waals surface area contributed by atoms with Crippen molar-refractivity contribution < 1.29 is 8.82 Å². The van der Waals surface area contributed by atoms with E-state index in [2.05, 4.69) is 70.8 Å². The van der Waals surface area contributed by atoms with E-state index in [1.54, 1.807) is 0 Å². The van der Waals surface area contributed by atoms with Crippen LogP contribution in [0.5, 0.6) is 0 Å². The van der Waals surface area contributed by atoms with Crippen LogP contribution in [0.4, 0.5) is 4.39 Å². The van der Waals surface area contributed by atoms with Crippen molar-refractivity contribution in [2.24, 2.45) is 17.3 Å². The average molecular weight is 415 g/mol. The number of hydrogen-bond acceptors (Lipinski definition) is 1. The molecule has 5 atom stereocenters. The molecule has 1 aromatic rings. The number of aryl methyl sites for hydroxylation is 1. The lowest BCUT2D eigenvalue weighted by Crippen LogP contribution is -2.55. The first-order chi connectivity index (χ1) is 13.6. The number of alkyl halides is 1. The van der Waals surface area contributed by atoms with E-state index in [0.29, 0.717) is 24.9 Å². The lowest BCUT2D eigenvalue weighted by Gasteiger charge is -2.57. The third kappa shape index (κ3) is 3.10. The summed E-state index contributed by atoms with van der Waals surface area (Å²) in [7, 11) is -1.90. The van der Waals surface area contributed by atoms with E-state index in [4.69, 9.17) is 4.43 Å². The highest BCUT2D eigenvalue weighted by molar-refractivity contribution is 6.74. The fraction of sp³-hybridized carbons (Fsp3) is 0.692. The number of rotatable bonds is 4. The van der Waals surface area contributed by atoms with Gasteiger partial charge in [-0.15, -0.1) is 6.58 Å². The molecule has 0 spiro atoms. The molecule has 1 nitrogen and oxygen atoms in total. The highest BCUT2D eigenvalue weighted by Crippen LogP contribution is 2.64. The molecular formula is C26H39FOSi. The van der Waals surface area contributed by atoms with Gasteiger partial charge in [-0.05, 0) is 79.6 Å². The van der Waals surface area contributed by atoms with Gasteiger partial charge in [0, 0.05) is 17.4 Å². The Hall–Kier alpha value is -0.933. The molecule has 2 fully saturated rings. The summed E-state index contributed by atoms with van der Waals surface area (Å²) in [5, 5.41) is 0.160. The Morgan fingerprint density at radius 2 is 1.86 bits per heavy atom. The predicted molar refractivity (Wildman–Crippen MR) is 123 cm³/mol. The van der Waals surface area contributed by atoms with Gasteiger partial charge in [0.2, 0.25) is 0 Å². The van der Waals surface area contributed by atoms with E-state index in [1.807, 2.05) is 0 Å². The summed E-state index contributed by atoms with van der Waals surface area (Å²) in [6.07, 6.45) is 7.41. The van der Waals surface area contributed by atoms with Gasteiger partial charge in [0.15, 0.2) is 8.32 Å². The summed E-state index contributed by atoms with van der Waals surface area (Å²) in [5.74, 6) is 0.898. The smallest absolute Gasteiger partial charge is 0.192 e. The third-order valence-electron chi connectivity index (χ3n) is 9.36. The second-order valence-electron chi connectivity index (χ2n) is 11.5. The summed E-state index contributed by atoms with van der Waals surface area (Å²) < 4.78 is 22.3. The molecule has 160 valence electrons. The van der Waals surface area contributed by atoms with E-state index in [0.717, 1.165) is 32.1 Å². The van der Waals surface area contributed by atoms with Crippen LogP contribution in [-0.4, -0.2) is 21.1 Å². The van der Waals surface area contributed by atoms with E-state index in [-0.39, 0.29) is 15.9 Å². The summed E-state index contributed by atoms with van der Waals surface area (Å²) in [6.45, 7) is 16.4. The summed E-state index contributed by atoms with van der Waals surface area (Å²) in [4.78, 5) is 0. The molecule has 0 radical (unpaired) electrons. The van der Waals surface area contributed by atoms with Gasteiger partial charge >= 0.3 is 0 Å². The fourth-order valence-corrected chi connectivity index (χ4v) is 7.58. The molecule has 0 heterocycles. The molecule has 0 unspecified atom stereocenters. The lowest BCUT2D eigenvalue weighted by molar-refractivity contribution is -0.0548. The number of halogens is 1. The second-order valence-corrected chi connectivity index (χ2v) is 16.3. The van der Waals surface area contributed by atoms with Crippen molar-refractivity contribution in [1.29, 1.82) is 0 Å². The van der Waals surface area contributed by atoms with Gasteiger partial charge in [0.05, 0.1) is 0 Å². The Labute approximate surface area is 178 Å². The monoisotopic (exact) mass is 414 g/mol. The van der Waals surface area contributed by atoms with Crippen molar-refractivity contribution in [3.63, 3.8) is 0 Å². The molecule has 0 aliphatic heterocycles. The van der Waals surface area contributed by atoms with Crippen molar-refractivity contribution in [3.8, 4) is 0 Å². The first-order valence-electron chi connectivity index (χ1n) is 11.6. The highest BCUT2D eigenvalue weighted by Gasteiger charge is 2.62. The van der Waals surface area contributed by atoms with Gasteiger partial charge in [-0.25, -0.2) is 4.39 Å². The van der Waals surface area contributed by atoms with Crippen LogP contribution in [0.3, 0.4) is 0 Å². The Morgan fingerprint density at radius 3 is 2.55 bits per heavy atom. The number of fused-ring (bicyclic) bond motifs is 5. The molecule has 0 amide bonds. The van der Waals surface area contributed by atoms with Crippen LogP contribution >= 0.6 is 0 Å². The first-order valence-corrected chi connectivity index (χ1v) is 14.5. The molecule has 0 saturated heterocycles. The van der Waals surface area contributed by atoms with Crippen LogP contribution in [0.15, 0.2) is 36.9 Å². The normalized spacial score (nSPS) is 36.8. The van der Waals surface area contributed by atoms with Crippen LogP contribution in [0.1, 0.15) is 64.0 Å². The highest BCUT2D eigenvalue weighted by atomic mass is 28.4. The van der Waals surface area contributed by atoms with E-state index in [9.17, 15) is 0 Å². The molecule has 4 rings (SSSR count). The van der Waals surface area contributed by atoms with Crippen LogP contribution < -0.4 is 0 Å². The van der Waals surface area contributed by atoms with Gasteiger partial charge in [-0.3, -0.25) is 0 Å². The quantitative estimate of drug-likeness (QED) is 0.373. The Balaban J connectivity index is 1.68. The Bertz CT molecular complexity index is 781. The maximum Gasteiger partial charge on any atom is 0.192 e. The van der Waals surface area contributed by atoms with Crippen molar-refractivity contribution in [2.45, 2.75) is 89.0 Å². The Kier molecular flexibility index (Phi) is 5.18. The number of hydrogen-bond donors (Lipinski definition) is 0. The predicted octanol–water partition coefficient (Wildman–Crippen LogP) is 7.22. The molecule has 0 aromatic heterocycles. The van der Waals surface area contributed by atoms with Crippen LogP contribution in [0.25, 0.3) is 0 Å². The molecule has 3 heteroatoms. The lowest BCUT2D eigenvalue weighted by atomic mass is 9.48. The zero-order valence-corrected chi connectivity index (χ0v) is 20.1. The minimum Gasteiger partial charge on any atom is -0.416 e. The zero-order valence-electron chi connectivity index (χ0n) is 19.1. The Morgan fingerprint density at radius 1 is 1.14 bits per heavy atom. The van der Waals surface area contributed by atoms with Gasteiger partial charge < -0.3 is 4.43 Å². The van der Waals surface area contributed by atoms with Gasteiger partial charge in [-0.1, -0.05) is 51.1 Å². The van der Waals surface area contributed by atoms with Gasteiger partial charge in [0.1, 0.15) is 6.17 Å². The molecule has 3 aliphatic rings. The summed E-state index contributed by atoms with van der Waals surface area (Å²) in [5.41, 5.74) is 2.67. The molecule has 29 heavy (non-hydrogen) atoms. The fourth-order valence-electron chi connectivity index (χ4n) is 6.52. The van der Waals surface area contributed by atoms with Crippen molar-refractivity contribution in [1.82, 2.24) is 0 Å². The number of benzene rings is 1. The molecule has 2 saturated carbocycles. The maximum atomic E-state index is 15.6. The van der Waals surface area contributed by atoms with Crippen LogP contribution in [0.2, 0.25) is 18.1 Å². The largest absolute Gasteiger partial charge is 0.416 e. The minimum absolute atomic E-state index is 0.0179. The standard InChI is InChI=1S/C26H39FOSi/c1-7-25-16-17-26(18-28-29(5,6)24(2,3)4)22(14-15-23(26)27)21(25)13-12-19-10-8-9-11-20(19)25/h7-11,21-23H,1,12-18H2,2-6H3/t21-,22-,23-,25+,26+/m0/s1. The van der Waals surface area contributed by atoms with E-state index < -0.39 is 14.5 Å². The van der Waals surface area contributed by atoms with Crippen LogP contribution in [0, 0.1) is 17.3 Å². The topological polar surface area (TPSA) is 9.23 Å². The summed E-state index contributed by atoms with van der Waals surface area (Å²) >= 11 is 0. The maximum absolute atomic E-state index is 15.6. The summed E-state index contributed by atoms with van der Waals surface area (Å²) in [6, 6.07) is 8.92. The van der Waals surface area contributed by atoms with Gasteiger partial charge in [0.25, 0.3) is 0 Å². The van der Waals surface area contributed by atoms with E-state index in [1.165, 1.54) is 11.1 Å². The molecule has 3 aliphatic carbocycles. The van der Waals surface area contributed by atoms with Gasteiger partial charge in [-0.2, -0.15) is 0 Å². The molecule has 0 N–H and O–H groups in total. The van der Waals surface area contributed by atoms with Crippen LogP contribution in [-0.2, 0) is 16.3 Å². The first kappa shape index (κ1) is 21.3. The SMILES string of the molecule is C=C[C@]12CC[C@]3(CO[Si](C)(C)C(C)(C)C)[C@@H](F)CC[C@H]3[C@@H]1CCc1ccccc12. The van der Waals surface area contributed by atoms with Crippen molar-refractivity contribution in [2.75, 3.05) is 6.61 Å². The minimum atomic E-state index is -1.90. The second kappa shape index (κ2) is 7.05. The van der Waals surface area contributed by atoms with Crippen molar-refractivity contribution >= 4 is 8.32 Å².